The smallest absolute Gasteiger partial charge is 0.259 e. The Morgan fingerprint density at radius 3 is 2.62 bits per heavy atom. The molecule has 4 nitrogen and oxygen atoms in total. The normalized spacial score (nSPS) is 36.9. The van der Waals surface area contributed by atoms with Gasteiger partial charge in [0.25, 0.3) is 11.8 Å². The van der Waals surface area contributed by atoms with Crippen molar-refractivity contribution in [1.82, 2.24) is 10.2 Å². The maximum atomic E-state index is 13.2. The van der Waals surface area contributed by atoms with Gasteiger partial charge in [0.15, 0.2) is 0 Å². The van der Waals surface area contributed by atoms with Crippen molar-refractivity contribution in [2.75, 3.05) is 13.6 Å². The third-order valence-electron chi connectivity index (χ3n) is 10.2. The fourth-order valence-electron chi connectivity index (χ4n) is 8.44. The monoisotopic (exact) mass is 462 g/mol. The summed E-state index contributed by atoms with van der Waals surface area (Å²) >= 11 is 0. The van der Waals surface area contributed by atoms with E-state index in [1.807, 2.05) is 18.0 Å². The van der Waals surface area contributed by atoms with E-state index >= 15 is 0 Å². The highest BCUT2D eigenvalue weighted by molar-refractivity contribution is 6.19. The number of unbranched alkanes of at least 4 members (excludes halogenated alkanes) is 1. The number of nitrogens with one attached hydrogen (secondary N) is 1. The molecule has 0 bridgehead atoms. The van der Waals surface area contributed by atoms with Gasteiger partial charge in [-0.3, -0.25) is 9.59 Å². The number of aryl methyl sites for hydroxylation is 1. The Hall–Kier alpha value is -2.10. The Morgan fingerprint density at radius 1 is 1.03 bits per heavy atom. The van der Waals surface area contributed by atoms with E-state index in [1.54, 1.807) is 0 Å². The van der Waals surface area contributed by atoms with Crippen LogP contribution in [0.3, 0.4) is 0 Å². The van der Waals surface area contributed by atoms with Crippen molar-refractivity contribution in [2.45, 2.75) is 84.1 Å². The average Bonchev–Trinajstić information content (AvgIpc) is 3.23. The summed E-state index contributed by atoms with van der Waals surface area (Å²) in [5.74, 6) is 1.86. The van der Waals surface area contributed by atoms with Gasteiger partial charge >= 0.3 is 0 Å². The quantitative estimate of drug-likeness (QED) is 0.447. The Kier molecular flexibility index (Phi) is 6.37. The van der Waals surface area contributed by atoms with Crippen LogP contribution in [0.2, 0.25) is 0 Å². The number of fused-ring (bicyclic) bond motifs is 5. The fraction of sp³-hybridized carbons (Fsp3) is 0.667. The maximum Gasteiger partial charge on any atom is 0.259 e. The number of rotatable bonds is 6. The van der Waals surface area contributed by atoms with Crippen molar-refractivity contribution < 1.29 is 9.59 Å². The van der Waals surface area contributed by atoms with E-state index in [0.717, 1.165) is 37.5 Å². The summed E-state index contributed by atoms with van der Waals surface area (Å²) < 4.78 is 0. The highest BCUT2D eigenvalue weighted by Crippen LogP contribution is 2.64. The predicted octanol–water partition coefficient (Wildman–Crippen LogP) is 5.53. The third-order valence-corrected chi connectivity index (χ3v) is 10.2. The molecule has 4 aliphatic rings. The number of carbonyl (C=O) groups excluding carboxylic acids is 2. The number of nitrogens with zero attached hydrogens (tertiary/aromatic N) is 1. The van der Waals surface area contributed by atoms with Crippen LogP contribution in [-0.2, 0) is 16.0 Å². The zero-order valence-electron chi connectivity index (χ0n) is 21.3. The van der Waals surface area contributed by atoms with Gasteiger partial charge in [0.2, 0.25) is 0 Å². The lowest BCUT2D eigenvalue weighted by molar-refractivity contribution is -0.141. The van der Waals surface area contributed by atoms with Crippen molar-refractivity contribution in [3.05, 3.63) is 47.5 Å². The van der Waals surface area contributed by atoms with E-state index in [1.165, 1.54) is 44.1 Å². The van der Waals surface area contributed by atoms with Crippen LogP contribution in [0.1, 0.15) is 77.2 Å². The highest BCUT2D eigenvalue weighted by Gasteiger charge is 2.59. The van der Waals surface area contributed by atoms with Crippen LogP contribution in [-0.4, -0.2) is 36.3 Å². The molecule has 184 valence electrons. The molecular formula is C30H42N2O2. The minimum atomic E-state index is -0.181. The first-order chi connectivity index (χ1) is 16.3. The lowest BCUT2D eigenvalue weighted by atomic mass is 9.48. The Bertz CT molecular complexity index is 956. The third kappa shape index (κ3) is 4.01. The molecule has 1 heterocycles. The second kappa shape index (κ2) is 9.17. The molecule has 1 N–H and O–H groups in total. The van der Waals surface area contributed by atoms with Gasteiger partial charge in [0, 0.05) is 25.0 Å². The molecule has 0 aromatic heterocycles. The topological polar surface area (TPSA) is 49.4 Å². The average molecular weight is 463 g/mol. The predicted molar refractivity (Wildman–Crippen MR) is 136 cm³/mol. The summed E-state index contributed by atoms with van der Waals surface area (Å²) in [7, 11) is 1.92. The largest absolute Gasteiger partial charge is 0.352 e. The van der Waals surface area contributed by atoms with Gasteiger partial charge in [0.1, 0.15) is 5.57 Å². The van der Waals surface area contributed by atoms with E-state index in [9.17, 15) is 9.59 Å². The Morgan fingerprint density at radius 2 is 1.82 bits per heavy atom. The van der Waals surface area contributed by atoms with Crippen LogP contribution in [0, 0.1) is 28.6 Å². The van der Waals surface area contributed by atoms with Gasteiger partial charge in [-0.05, 0) is 86.5 Å². The first-order valence-corrected chi connectivity index (χ1v) is 13.7. The SMILES string of the molecule is CN1C(=O)C(C(=O)NCCCCc2ccccc2)=C[C@@]2(C)C1CC[C@@H]1[C@H]2CC[C@]2(C)CCC[C@@H]12. The number of benzene rings is 1. The lowest BCUT2D eigenvalue weighted by Gasteiger charge is -2.60. The van der Waals surface area contributed by atoms with Gasteiger partial charge in [0.05, 0.1) is 0 Å². The number of hydrogen-bond acceptors (Lipinski definition) is 2. The molecule has 2 amide bonds. The Balaban J connectivity index is 1.27. The van der Waals surface area contributed by atoms with Crippen molar-refractivity contribution in [2.24, 2.45) is 28.6 Å². The summed E-state index contributed by atoms with van der Waals surface area (Å²) in [6, 6.07) is 10.7. The molecule has 0 saturated heterocycles. The molecule has 3 aliphatic carbocycles. The molecule has 4 heteroatoms. The molecule has 1 aromatic carbocycles. The number of amides is 2. The van der Waals surface area contributed by atoms with Crippen LogP contribution >= 0.6 is 0 Å². The van der Waals surface area contributed by atoms with Crippen molar-refractivity contribution in [1.29, 1.82) is 0 Å². The summed E-state index contributed by atoms with van der Waals surface area (Å²) in [6.07, 6.45) is 14.0. The zero-order chi connectivity index (χ0) is 23.9. The molecule has 1 aliphatic heterocycles. The molecule has 3 saturated carbocycles. The van der Waals surface area contributed by atoms with E-state index in [4.69, 9.17) is 0 Å². The molecule has 0 radical (unpaired) electrons. The maximum absolute atomic E-state index is 13.2. The number of hydrogen-bond donors (Lipinski definition) is 1. The van der Waals surface area contributed by atoms with E-state index in [-0.39, 0.29) is 23.3 Å². The summed E-state index contributed by atoms with van der Waals surface area (Å²) in [5, 5.41) is 3.06. The van der Waals surface area contributed by atoms with E-state index in [0.29, 0.717) is 23.5 Å². The van der Waals surface area contributed by atoms with Gasteiger partial charge in [-0.15, -0.1) is 0 Å². The van der Waals surface area contributed by atoms with Crippen molar-refractivity contribution >= 4 is 11.8 Å². The first-order valence-electron chi connectivity index (χ1n) is 13.7. The van der Waals surface area contributed by atoms with Gasteiger partial charge in [-0.1, -0.05) is 56.7 Å². The second-order valence-electron chi connectivity index (χ2n) is 12.1. The molecule has 0 spiro atoms. The van der Waals surface area contributed by atoms with Crippen LogP contribution in [0.15, 0.2) is 42.0 Å². The molecule has 1 unspecified atom stereocenters. The van der Waals surface area contributed by atoms with E-state index < -0.39 is 0 Å². The molecular weight excluding hydrogens is 420 g/mol. The minimum absolute atomic E-state index is 0.0933. The van der Waals surface area contributed by atoms with Crippen LogP contribution < -0.4 is 5.32 Å². The van der Waals surface area contributed by atoms with Crippen molar-refractivity contribution in [3.63, 3.8) is 0 Å². The molecule has 3 fully saturated rings. The fourth-order valence-corrected chi connectivity index (χ4v) is 8.44. The van der Waals surface area contributed by atoms with Crippen LogP contribution in [0.4, 0.5) is 0 Å². The summed E-state index contributed by atoms with van der Waals surface area (Å²) in [5.41, 5.74) is 2.13. The molecule has 6 atom stereocenters. The van der Waals surface area contributed by atoms with E-state index in [2.05, 4.69) is 49.5 Å². The standard InChI is InChI=1S/C30H42N2O2/c1-29-17-9-13-24(29)22-14-15-26-30(2,25(22)16-18-29)20-23(28(34)32(26)3)27(33)31-19-8-7-12-21-10-5-4-6-11-21/h4-6,10-11,20,22,24-26H,7-9,12-19H2,1-3H3,(H,31,33)/t22-,24-,25+,26?,29-,30+/m0/s1. The molecule has 5 rings (SSSR count). The van der Waals surface area contributed by atoms with Crippen LogP contribution in [0.25, 0.3) is 0 Å². The van der Waals surface area contributed by atoms with Crippen LogP contribution in [0.5, 0.6) is 0 Å². The summed E-state index contributed by atoms with van der Waals surface area (Å²) in [6.45, 7) is 5.49. The molecule has 1 aromatic rings. The van der Waals surface area contributed by atoms with Gasteiger partial charge < -0.3 is 10.2 Å². The minimum Gasteiger partial charge on any atom is -0.352 e. The zero-order valence-corrected chi connectivity index (χ0v) is 21.3. The summed E-state index contributed by atoms with van der Waals surface area (Å²) in [4.78, 5) is 28.3. The second-order valence-corrected chi connectivity index (χ2v) is 12.1. The Labute approximate surface area is 205 Å². The van der Waals surface area contributed by atoms with Gasteiger partial charge in [-0.25, -0.2) is 0 Å². The van der Waals surface area contributed by atoms with Gasteiger partial charge in [-0.2, -0.15) is 0 Å². The number of likely N-dealkylation sites (N-methyl/N-ethyl adjacent to an activating group) is 1. The van der Waals surface area contributed by atoms with Crippen molar-refractivity contribution in [3.8, 4) is 0 Å². The lowest BCUT2D eigenvalue weighted by Crippen LogP contribution is -2.61. The highest BCUT2D eigenvalue weighted by atomic mass is 16.2. The first kappa shape index (κ1) is 23.6. The molecule has 34 heavy (non-hydrogen) atoms. The number of carbonyl (C=O) groups is 2.